The second-order valence-corrected chi connectivity index (χ2v) is 6.79. The Morgan fingerprint density at radius 2 is 1.96 bits per heavy atom. The number of H-pyrrole nitrogens is 1. The van der Waals surface area contributed by atoms with Gasteiger partial charge in [0.25, 0.3) is 5.56 Å². The van der Waals surface area contributed by atoms with Crippen molar-refractivity contribution in [3.05, 3.63) is 62.8 Å². The Morgan fingerprint density at radius 3 is 2.71 bits per heavy atom. The number of aromatic nitrogens is 2. The molecule has 0 amide bonds. The normalized spacial score (nSPS) is 13.8. The number of rotatable bonds is 4. The molecule has 124 valence electrons. The van der Waals surface area contributed by atoms with Crippen molar-refractivity contribution >= 4 is 10.9 Å². The number of hydrogen-bond donors (Lipinski definition) is 1. The average molecular weight is 323 g/mol. The molecule has 1 aliphatic carbocycles. The van der Waals surface area contributed by atoms with E-state index in [1.165, 1.54) is 17.5 Å². The minimum absolute atomic E-state index is 0.0105. The molecule has 0 radical (unpaired) electrons. The summed E-state index contributed by atoms with van der Waals surface area (Å²) >= 11 is 0. The number of pyridine rings is 1. The van der Waals surface area contributed by atoms with Crippen LogP contribution >= 0.6 is 0 Å². The van der Waals surface area contributed by atoms with Gasteiger partial charge in [0, 0.05) is 30.2 Å². The topological polar surface area (TPSA) is 62.1 Å². The standard InChI is InChI=1S/C19H21N3O2/c1-12-6-17(21-24-12)11-22(2)10-16-8-15-7-13-4-3-5-14(13)9-18(15)20-19(16)23/h6-9H,3-5,10-11H2,1-2H3,(H,20,23). The largest absolute Gasteiger partial charge is 0.361 e. The van der Waals surface area contributed by atoms with E-state index in [0.29, 0.717) is 13.1 Å². The van der Waals surface area contributed by atoms with Gasteiger partial charge in [-0.15, -0.1) is 0 Å². The fourth-order valence-electron chi connectivity index (χ4n) is 3.56. The molecule has 4 rings (SSSR count). The number of aromatic amines is 1. The third kappa shape index (κ3) is 2.87. The van der Waals surface area contributed by atoms with E-state index in [1.807, 2.05) is 26.1 Å². The van der Waals surface area contributed by atoms with Gasteiger partial charge in [0.15, 0.2) is 0 Å². The number of nitrogens with zero attached hydrogens (tertiary/aromatic N) is 2. The van der Waals surface area contributed by atoms with E-state index < -0.39 is 0 Å². The van der Waals surface area contributed by atoms with E-state index in [4.69, 9.17) is 4.52 Å². The van der Waals surface area contributed by atoms with Gasteiger partial charge in [-0.3, -0.25) is 9.69 Å². The lowest BCUT2D eigenvalue weighted by atomic mass is 10.0. The van der Waals surface area contributed by atoms with Crippen molar-refractivity contribution in [3.63, 3.8) is 0 Å². The molecule has 0 bridgehead atoms. The number of aryl methyl sites for hydroxylation is 3. The first-order chi connectivity index (χ1) is 11.6. The van der Waals surface area contributed by atoms with Crippen molar-refractivity contribution < 1.29 is 4.52 Å². The van der Waals surface area contributed by atoms with Crippen LogP contribution in [0.15, 0.2) is 33.6 Å². The highest BCUT2D eigenvalue weighted by Crippen LogP contribution is 2.26. The third-order valence-corrected chi connectivity index (χ3v) is 4.68. The lowest BCUT2D eigenvalue weighted by Crippen LogP contribution is -2.23. The summed E-state index contributed by atoms with van der Waals surface area (Å²) < 4.78 is 5.10. The van der Waals surface area contributed by atoms with Crippen LogP contribution in [0.5, 0.6) is 0 Å². The molecule has 3 aromatic rings. The van der Waals surface area contributed by atoms with E-state index in [9.17, 15) is 4.79 Å². The van der Waals surface area contributed by atoms with Crippen LogP contribution in [0.1, 0.15) is 34.6 Å². The van der Waals surface area contributed by atoms with Gasteiger partial charge in [-0.1, -0.05) is 5.16 Å². The zero-order valence-electron chi connectivity index (χ0n) is 14.1. The number of fused-ring (bicyclic) bond motifs is 2. The molecule has 5 heteroatoms. The summed E-state index contributed by atoms with van der Waals surface area (Å²) in [5.41, 5.74) is 5.40. The van der Waals surface area contributed by atoms with E-state index in [0.717, 1.165) is 40.8 Å². The predicted octanol–water partition coefficient (Wildman–Crippen LogP) is 2.95. The maximum atomic E-state index is 12.4. The van der Waals surface area contributed by atoms with Crippen LogP contribution in [0, 0.1) is 6.92 Å². The molecule has 2 aromatic heterocycles. The lowest BCUT2D eigenvalue weighted by Gasteiger charge is -2.15. The highest BCUT2D eigenvalue weighted by Gasteiger charge is 2.14. The summed E-state index contributed by atoms with van der Waals surface area (Å²) in [7, 11) is 1.98. The number of benzene rings is 1. The van der Waals surface area contributed by atoms with Crippen molar-refractivity contribution in [1.82, 2.24) is 15.0 Å². The van der Waals surface area contributed by atoms with Crippen molar-refractivity contribution in [1.29, 1.82) is 0 Å². The number of hydrogen-bond acceptors (Lipinski definition) is 4. The smallest absolute Gasteiger partial charge is 0.252 e. The summed E-state index contributed by atoms with van der Waals surface area (Å²) in [6.45, 7) is 3.11. The van der Waals surface area contributed by atoms with Crippen LogP contribution in [0.3, 0.4) is 0 Å². The average Bonchev–Trinajstić information content (AvgIpc) is 3.14. The van der Waals surface area contributed by atoms with Crippen molar-refractivity contribution in [2.45, 2.75) is 39.3 Å². The van der Waals surface area contributed by atoms with E-state index in [2.05, 4.69) is 27.2 Å². The summed E-state index contributed by atoms with van der Waals surface area (Å²) in [5, 5.41) is 5.13. The minimum atomic E-state index is -0.0105. The Bertz CT molecular complexity index is 955. The Hall–Kier alpha value is -2.40. The van der Waals surface area contributed by atoms with Crippen LogP contribution in [0.25, 0.3) is 10.9 Å². The third-order valence-electron chi connectivity index (χ3n) is 4.68. The predicted molar refractivity (Wildman–Crippen MR) is 93.0 cm³/mol. The molecule has 5 nitrogen and oxygen atoms in total. The first-order valence-corrected chi connectivity index (χ1v) is 8.37. The van der Waals surface area contributed by atoms with Crippen LogP contribution in [-0.2, 0) is 25.9 Å². The lowest BCUT2D eigenvalue weighted by molar-refractivity contribution is 0.301. The molecule has 1 aliphatic rings. The van der Waals surface area contributed by atoms with Crippen molar-refractivity contribution in [3.8, 4) is 0 Å². The van der Waals surface area contributed by atoms with E-state index in [-0.39, 0.29) is 5.56 Å². The van der Waals surface area contributed by atoms with Crippen LogP contribution in [0.4, 0.5) is 0 Å². The minimum Gasteiger partial charge on any atom is -0.361 e. The molecular weight excluding hydrogens is 302 g/mol. The molecule has 0 unspecified atom stereocenters. The van der Waals surface area contributed by atoms with Crippen LogP contribution in [-0.4, -0.2) is 22.1 Å². The molecule has 24 heavy (non-hydrogen) atoms. The van der Waals surface area contributed by atoms with E-state index in [1.54, 1.807) is 0 Å². The summed E-state index contributed by atoms with van der Waals surface area (Å²) in [6, 6.07) is 8.32. The van der Waals surface area contributed by atoms with Gasteiger partial charge >= 0.3 is 0 Å². The highest BCUT2D eigenvalue weighted by molar-refractivity contribution is 5.81. The van der Waals surface area contributed by atoms with E-state index >= 15 is 0 Å². The zero-order valence-corrected chi connectivity index (χ0v) is 14.1. The maximum absolute atomic E-state index is 12.4. The second kappa shape index (κ2) is 5.91. The Morgan fingerprint density at radius 1 is 1.17 bits per heavy atom. The molecule has 1 N–H and O–H groups in total. The zero-order chi connectivity index (χ0) is 16.7. The highest BCUT2D eigenvalue weighted by atomic mass is 16.5. The summed E-state index contributed by atoms with van der Waals surface area (Å²) in [6.07, 6.45) is 3.47. The molecular formula is C19H21N3O2. The molecule has 0 saturated heterocycles. The molecule has 1 aromatic carbocycles. The Kier molecular flexibility index (Phi) is 3.73. The van der Waals surface area contributed by atoms with Gasteiger partial charge in [0.05, 0.1) is 5.69 Å². The van der Waals surface area contributed by atoms with Gasteiger partial charge < -0.3 is 9.51 Å². The van der Waals surface area contributed by atoms with Crippen molar-refractivity contribution in [2.24, 2.45) is 0 Å². The Balaban J connectivity index is 1.60. The van der Waals surface area contributed by atoms with Gasteiger partial charge in [-0.25, -0.2) is 0 Å². The molecule has 2 heterocycles. The van der Waals surface area contributed by atoms with Gasteiger partial charge in [-0.2, -0.15) is 0 Å². The fourth-order valence-corrected chi connectivity index (χ4v) is 3.56. The monoisotopic (exact) mass is 323 g/mol. The number of nitrogens with one attached hydrogen (secondary N) is 1. The molecule has 0 atom stereocenters. The first-order valence-electron chi connectivity index (χ1n) is 8.37. The molecule has 0 aliphatic heterocycles. The van der Waals surface area contributed by atoms with Gasteiger partial charge in [0.1, 0.15) is 5.76 Å². The molecule has 0 spiro atoms. The van der Waals surface area contributed by atoms with Crippen LogP contribution < -0.4 is 5.56 Å². The Labute approximate surface area is 140 Å². The quantitative estimate of drug-likeness (QED) is 0.802. The van der Waals surface area contributed by atoms with Crippen LogP contribution in [0.2, 0.25) is 0 Å². The van der Waals surface area contributed by atoms with Gasteiger partial charge in [-0.05, 0) is 67.9 Å². The maximum Gasteiger partial charge on any atom is 0.252 e. The summed E-state index contributed by atoms with van der Waals surface area (Å²) in [5.74, 6) is 0.802. The first kappa shape index (κ1) is 15.1. The summed E-state index contributed by atoms with van der Waals surface area (Å²) in [4.78, 5) is 17.5. The molecule has 0 fully saturated rings. The van der Waals surface area contributed by atoms with Gasteiger partial charge in [0.2, 0.25) is 0 Å². The van der Waals surface area contributed by atoms with Crippen molar-refractivity contribution in [2.75, 3.05) is 7.05 Å². The molecule has 0 saturated carbocycles. The SMILES string of the molecule is Cc1cc(CN(C)Cc2cc3cc4c(cc3[nH]c2=O)CCC4)no1. The second-order valence-electron chi connectivity index (χ2n) is 6.79. The fraction of sp³-hybridized carbons (Fsp3) is 0.368.